The zero-order valence-electron chi connectivity index (χ0n) is 13.5. The van der Waals surface area contributed by atoms with E-state index in [-0.39, 0.29) is 22.6 Å². The number of nitrogens with zero attached hydrogens (tertiary/aromatic N) is 2. The molecule has 0 saturated carbocycles. The third-order valence-electron chi connectivity index (χ3n) is 3.26. The molecule has 0 unspecified atom stereocenters. The maximum absolute atomic E-state index is 13.7. The lowest BCUT2D eigenvalue weighted by Gasteiger charge is -2.05. The van der Waals surface area contributed by atoms with Gasteiger partial charge in [-0.3, -0.25) is 4.79 Å². The summed E-state index contributed by atoms with van der Waals surface area (Å²) in [5.41, 5.74) is 0.825. The lowest BCUT2D eigenvalue weighted by atomic mass is 10.2. The fourth-order valence-electron chi connectivity index (χ4n) is 2.05. The van der Waals surface area contributed by atoms with Gasteiger partial charge in [-0.1, -0.05) is 33.8 Å². The number of carbonyl (C=O) groups is 1. The van der Waals surface area contributed by atoms with Crippen LogP contribution in [-0.2, 0) is 4.79 Å². The van der Waals surface area contributed by atoms with E-state index in [2.05, 4.69) is 31.4 Å². The number of nitrogens with one attached hydrogen (secondary N) is 1. The van der Waals surface area contributed by atoms with E-state index in [4.69, 9.17) is 9.15 Å². The van der Waals surface area contributed by atoms with E-state index in [0.717, 1.165) is 11.8 Å². The number of amides is 1. The summed E-state index contributed by atoms with van der Waals surface area (Å²) in [5.74, 6) is 0.111. The van der Waals surface area contributed by atoms with Gasteiger partial charge < -0.3 is 14.5 Å². The van der Waals surface area contributed by atoms with Crippen molar-refractivity contribution in [2.45, 2.75) is 5.22 Å². The van der Waals surface area contributed by atoms with Crippen molar-refractivity contribution in [3.8, 4) is 17.2 Å². The Hall–Kier alpha value is -2.39. The largest absolute Gasteiger partial charge is 0.497 e. The first-order valence-electron chi connectivity index (χ1n) is 7.41. The number of halogens is 2. The molecular formula is C17H13BrFN3O3S. The van der Waals surface area contributed by atoms with Gasteiger partial charge in [0.2, 0.25) is 11.8 Å². The van der Waals surface area contributed by atoms with Crippen LogP contribution in [0, 0.1) is 5.82 Å². The Balaban J connectivity index is 1.60. The summed E-state index contributed by atoms with van der Waals surface area (Å²) in [6, 6.07) is 11.6. The number of hydrogen-bond acceptors (Lipinski definition) is 6. The monoisotopic (exact) mass is 437 g/mol. The van der Waals surface area contributed by atoms with Gasteiger partial charge in [0.05, 0.1) is 18.6 Å². The fourth-order valence-corrected chi connectivity index (χ4v) is 2.94. The number of hydrogen-bond donors (Lipinski definition) is 1. The molecule has 1 amide bonds. The van der Waals surface area contributed by atoms with Gasteiger partial charge in [-0.15, -0.1) is 10.2 Å². The van der Waals surface area contributed by atoms with E-state index in [1.807, 2.05) is 12.1 Å². The van der Waals surface area contributed by atoms with Crippen molar-refractivity contribution in [2.24, 2.45) is 0 Å². The normalized spacial score (nSPS) is 10.6. The van der Waals surface area contributed by atoms with Crippen molar-refractivity contribution >= 4 is 39.3 Å². The van der Waals surface area contributed by atoms with Crippen molar-refractivity contribution in [1.82, 2.24) is 10.2 Å². The molecular weight excluding hydrogens is 425 g/mol. The van der Waals surface area contributed by atoms with E-state index in [0.29, 0.717) is 21.7 Å². The van der Waals surface area contributed by atoms with Crippen molar-refractivity contribution in [2.75, 3.05) is 18.2 Å². The van der Waals surface area contributed by atoms with Crippen LogP contribution in [-0.4, -0.2) is 29.0 Å². The SMILES string of the molecule is COc1cccc(-c2nnc(SCC(=O)Nc3ccc(Br)cc3F)o2)c1. The van der Waals surface area contributed by atoms with Crippen molar-refractivity contribution in [1.29, 1.82) is 0 Å². The number of anilines is 1. The number of carbonyl (C=O) groups excluding carboxylic acids is 1. The Morgan fingerprint density at radius 1 is 1.31 bits per heavy atom. The molecule has 0 spiro atoms. The first-order chi connectivity index (χ1) is 12.5. The summed E-state index contributed by atoms with van der Waals surface area (Å²) >= 11 is 4.23. The highest BCUT2D eigenvalue weighted by Gasteiger charge is 2.13. The molecule has 1 heterocycles. The second kappa shape index (κ2) is 8.33. The van der Waals surface area contributed by atoms with Crippen LogP contribution in [0.2, 0.25) is 0 Å². The molecule has 0 bridgehead atoms. The topological polar surface area (TPSA) is 77.2 Å². The number of aromatic nitrogens is 2. The third kappa shape index (κ3) is 4.61. The average Bonchev–Trinajstić information content (AvgIpc) is 3.11. The van der Waals surface area contributed by atoms with Gasteiger partial charge >= 0.3 is 0 Å². The fraction of sp³-hybridized carbons (Fsp3) is 0.118. The molecule has 1 N–H and O–H groups in total. The summed E-state index contributed by atoms with van der Waals surface area (Å²) in [4.78, 5) is 12.0. The van der Waals surface area contributed by atoms with E-state index in [1.165, 1.54) is 12.1 Å². The van der Waals surface area contributed by atoms with Crippen LogP contribution in [0.3, 0.4) is 0 Å². The van der Waals surface area contributed by atoms with Gasteiger partial charge in [-0.2, -0.15) is 0 Å². The number of thioether (sulfide) groups is 1. The predicted molar refractivity (Wildman–Crippen MR) is 99.7 cm³/mol. The van der Waals surface area contributed by atoms with Crippen LogP contribution in [0.15, 0.2) is 56.6 Å². The van der Waals surface area contributed by atoms with Gasteiger partial charge in [-0.05, 0) is 36.4 Å². The Morgan fingerprint density at radius 2 is 2.15 bits per heavy atom. The molecule has 0 aliphatic carbocycles. The Labute approximate surface area is 161 Å². The molecule has 6 nitrogen and oxygen atoms in total. The van der Waals surface area contributed by atoms with Gasteiger partial charge in [0.25, 0.3) is 5.22 Å². The zero-order valence-corrected chi connectivity index (χ0v) is 15.9. The van der Waals surface area contributed by atoms with E-state index in [1.54, 1.807) is 25.3 Å². The minimum atomic E-state index is -0.518. The Morgan fingerprint density at radius 3 is 2.92 bits per heavy atom. The van der Waals surface area contributed by atoms with E-state index < -0.39 is 5.82 Å². The van der Waals surface area contributed by atoms with Crippen LogP contribution in [0.4, 0.5) is 10.1 Å². The molecule has 1 aromatic heterocycles. The van der Waals surface area contributed by atoms with Gasteiger partial charge in [0.15, 0.2) is 0 Å². The molecule has 0 aliphatic rings. The quantitative estimate of drug-likeness (QED) is 0.576. The smallest absolute Gasteiger partial charge is 0.277 e. The van der Waals surface area contributed by atoms with Crippen LogP contribution in [0.5, 0.6) is 5.75 Å². The Kier molecular flexibility index (Phi) is 5.89. The molecule has 26 heavy (non-hydrogen) atoms. The van der Waals surface area contributed by atoms with Crippen LogP contribution in [0.25, 0.3) is 11.5 Å². The predicted octanol–water partition coefficient (Wildman–Crippen LogP) is 4.38. The summed E-state index contributed by atoms with van der Waals surface area (Å²) in [6.45, 7) is 0. The number of ether oxygens (including phenoxy) is 1. The summed E-state index contributed by atoms with van der Waals surface area (Å²) in [6.07, 6.45) is 0. The van der Waals surface area contributed by atoms with Crippen LogP contribution < -0.4 is 10.1 Å². The molecule has 2 aromatic carbocycles. The number of rotatable bonds is 6. The second-order valence-electron chi connectivity index (χ2n) is 5.07. The zero-order chi connectivity index (χ0) is 18.5. The minimum Gasteiger partial charge on any atom is -0.497 e. The minimum absolute atomic E-state index is 0.00917. The molecule has 0 fully saturated rings. The summed E-state index contributed by atoms with van der Waals surface area (Å²) in [7, 11) is 1.57. The summed E-state index contributed by atoms with van der Waals surface area (Å²) in [5, 5.41) is 10.6. The first kappa shape index (κ1) is 18.4. The highest BCUT2D eigenvalue weighted by atomic mass is 79.9. The van der Waals surface area contributed by atoms with Crippen molar-refractivity contribution in [3.05, 3.63) is 52.8 Å². The number of benzene rings is 2. The van der Waals surface area contributed by atoms with Crippen molar-refractivity contribution < 1.29 is 18.3 Å². The Bertz CT molecular complexity index is 935. The lowest BCUT2D eigenvalue weighted by molar-refractivity contribution is -0.113. The molecule has 0 aliphatic heterocycles. The highest BCUT2D eigenvalue weighted by molar-refractivity contribution is 9.10. The third-order valence-corrected chi connectivity index (χ3v) is 4.57. The second-order valence-corrected chi connectivity index (χ2v) is 6.91. The highest BCUT2D eigenvalue weighted by Crippen LogP contribution is 2.26. The van der Waals surface area contributed by atoms with E-state index >= 15 is 0 Å². The standard InChI is InChI=1S/C17H13BrFN3O3S/c1-24-12-4-2-3-10(7-12)16-21-22-17(25-16)26-9-15(23)20-14-6-5-11(18)8-13(14)19/h2-8H,9H2,1H3,(H,20,23). The summed E-state index contributed by atoms with van der Waals surface area (Å²) < 4.78 is 25.0. The first-order valence-corrected chi connectivity index (χ1v) is 9.18. The van der Waals surface area contributed by atoms with Gasteiger partial charge in [0, 0.05) is 10.0 Å². The molecule has 0 radical (unpaired) electrons. The molecule has 0 atom stereocenters. The van der Waals surface area contributed by atoms with Crippen LogP contribution in [0.1, 0.15) is 0 Å². The molecule has 134 valence electrons. The number of methoxy groups -OCH3 is 1. The van der Waals surface area contributed by atoms with E-state index in [9.17, 15) is 9.18 Å². The van der Waals surface area contributed by atoms with Gasteiger partial charge in [-0.25, -0.2) is 4.39 Å². The lowest BCUT2D eigenvalue weighted by Crippen LogP contribution is -2.15. The van der Waals surface area contributed by atoms with Crippen LogP contribution >= 0.6 is 27.7 Å². The molecule has 3 aromatic rings. The van der Waals surface area contributed by atoms with Crippen molar-refractivity contribution in [3.63, 3.8) is 0 Å². The average molecular weight is 438 g/mol. The van der Waals surface area contributed by atoms with Gasteiger partial charge in [0.1, 0.15) is 11.6 Å². The molecule has 0 saturated heterocycles. The maximum atomic E-state index is 13.7. The maximum Gasteiger partial charge on any atom is 0.277 e. The molecule has 3 rings (SSSR count). The molecule has 9 heteroatoms.